The monoisotopic (exact) mass is 454 g/mol. The van der Waals surface area contributed by atoms with Gasteiger partial charge in [0.2, 0.25) is 0 Å². The molecule has 0 aromatic rings. The van der Waals surface area contributed by atoms with E-state index in [2.05, 4.69) is 22.2 Å². The van der Waals surface area contributed by atoms with Crippen LogP contribution in [0.15, 0.2) is 76.5 Å². The van der Waals surface area contributed by atoms with E-state index in [0.29, 0.717) is 11.5 Å². The molecule has 0 bridgehead atoms. The Hall–Kier alpha value is -3.23. The number of amidine groups is 1. The Bertz CT molecular complexity index is 844. The molecule has 0 saturated heterocycles. The summed E-state index contributed by atoms with van der Waals surface area (Å²) in [5.74, 6) is -0.462. The van der Waals surface area contributed by atoms with E-state index < -0.39 is 23.7 Å². The number of carbonyl (C=O) groups excluding carboxylic acids is 1. The predicted molar refractivity (Wildman–Crippen MR) is 123 cm³/mol. The molecule has 0 aromatic heterocycles. The topological polar surface area (TPSA) is 88.7 Å². The van der Waals surface area contributed by atoms with Crippen molar-refractivity contribution < 1.29 is 22.7 Å². The molecule has 6 nitrogen and oxygen atoms in total. The number of alkyl halides is 3. The number of carbonyl (C=O) groups is 1. The fourth-order valence-electron chi connectivity index (χ4n) is 2.41. The largest absolute Gasteiger partial charge is 0.463 e. The van der Waals surface area contributed by atoms with Crippen LogP contribution in [0.1, 0.15) is 41.5 Å². The number of dihydropyridines is 1. The average molecular weight is 455 g/mol. The number of halogens is 3. The van der Waals surface area contributed by atoms with Gasteiger partial charge in [-0.1, -0.05) is 32.6 Å². The SMILES string of the molecule is C=C(C(=O)NCC1NC=CC=C1C(F)(F)F)C(N)=NC(=C(C)C)/C(=C/C)O/C=C\C.CC. The van der Waals surface area contributed by atoms with Crippen LogP contribution in [-0.4, -0.2) is 30.5 Å². The first kappa shape index (κ1) is 28.8. The molecule has 1 unspecified atom stereocenters. The maximum Gasteiger partial charge on any atom is 0.414 e. The van der Waals surface area contributed by atoms with Crippen molar-refractivity contribution in [3.63, 3.8) is 0 Å². The summed E-state index contributed by atoms with van der Waals surface area (Å²) < 4.78 is 44.7. The lowest BCUT2D eigenvalue weighted by atomic mass is 10.0. The van der Waals surface area contributed by atoms with Gasteiger partial charge in [-0.3, -0.25) is 4.79 Å². The van der Waals surface area contributed by atoms with Crippen LogP contribution in [0.4, 0.5) is 13.2 Å². The van der Waals surface area contributed by atoms with Crippen molar-refractivity contribution in [1.29, 1.82) is 0 Å². The van der Waals surface area contributed by atoms with Crippen molar-refractivity contribution in [2.24, 2.45) is 10.7 Å². The summed E-state index contributed by atoms with van der Waals surface area (Å²) in [5, 5.41) is 4.98. The van der Waals surface area contributed by atoms with E-state index in [9.17, 15) is 18.0 Å². The Morgan fingerprint density at radius 1 is 1.34 bits per heavy atom. The van der Waals surface area contributed by atoms with Gasteiger partial charge >= 0.3 is 6.18 Å². The number of rotatable bonds is 8. The van der Waals surface area contributed by atoms with Crippen molar-refractivity contribution in [3.05, 3.63) is 71.5 Å². The molecular weight excluding hydrogens is 421 g/mol. The number of hydrogen-bond acceptors (Lipinski definition) is 4. The van der Waals surface area contributed by atoms with E-state index >= 15 is 0 Å². The highest BCUT2D eigenvalue weighted by Crippen LogP contribution is 2.29. The van der Waals surface area contributed by atoms with Crippen molar-refractivity contribution in [1.82, 2.24) is 10.6 Å². The third kappa shape index (κ3) is 8.87. The van der Waals surface area contributed by atoms with E-state index in [1.165, 1.54) is 18.5 Å². The summed E-state index contributed by atoms with van der Waals surface area (Å²) in [6.45, 7) is 14.4. The first-order chi connectivity index (χ1) is 15.0. The molecule has 0 spiro atoms. The van der Waals surface area contributed by atoms with Crippen LogP contribution < -0.4 is 16.4 Å². The summed E-state index contributed by atoms with van der Waals surface area (Å²) in [6, 6.07) is -1.12. The van der Waals surface area contributed by atoms with Gasteiger partial charge in [-0.15, -0.1) is 0 Å². The number of nitrogens with two attached hydrogens (primary N) is 1. The quantitative estimate of drug-likeness (QED) is 0.162. The molecule has 4 N–H and O–H groups in total. The number of aliphatic imine (C=N–C) groups is 1. The Balaban J connectivity index is 0.00000466. The summed E-state index contributed by atoms with van der Waals surface area (Å²) in [7, 11) is 0. The van der Waals surface area contributed by atoms with E-state index in [4.69, 9.17) is 10.5 Å². The smallest absolute Gasteiger partial charge is 0.414 e. The molecule has 32 heavy (non-hydrogen) atoms. The van der Waals surface area contributed by atoms with Crippen LogP contribution in [0, 0.1) is 0 Å². The summed E-state index contributed by atoms with van der Waals surface area (Å²) in [5.41, 5.74) is 6.16. The summed E-state index contributed by atoms with van der Waals surface area (Å²) >= 11 is 0. The van der Waals surface area contributed by atoms with Crippen LogP contribution in [0.2, 0.25) is 0 Å². The molecule has 1 atom stereocenters. The lowest BCUT2D eigenvalue weighted by Crippen LogP contribution is -2.45. The zero-order valence-electron chi connectivity index (χ0n) is 19.4. The minimum atomic E-state index is -4.52. The van der Waals surface area contributed by atoms with Gasteiger partial charge in [0, 0.05) is 6.54 Å². The van der Waals surface area contributed by atoms with Crippen molar-refractivity contribution in [2.75, 3.05) is 6.54 Å². The van der Waals surface area contributed by atoms with Crippen molar-refractivity contribution in [2.45, 2.75) is 53.8 Å². The second-order valence-corrected chi connectivity index (χ2v) is 6.47. The molecule has 0 aliphatic carbocycles. The van der Waals surface area contributed by atoms with Crippen LogP contribution in [0.3, 0.4) is 0 Å². The Morgan fingerprint density at radius 2 is 1.97 bits per heavy atom. The van der Waals surface area contributed by atoms with Gasteiger partial charge in [-0.25, -0.2) is 4.99 Å². The molecule has 1 rings (SSSR count). The minimum absolute atomic E-state index is 0.167. The molecule has 1 aliphatic rings. The van der Waals surface area contributed by atoms with Gasteiger partial charge < -0.3 is 21.1 Å². The number of amides is 1. The first-order valence-electron chi connectivity index (χ1n) is 10.2. The predicted octanol–water partition coefficient (Wildman–Crippen LogP) is 4.76. The highest BCUT2D eigenvalue weighted by molar-refractivity contribution is 6.19. The van der Waals surface area contributed by atoms with E-state index in [0.717, 1.165) is 11.6 Å². The zero-order chi connectivity index (χ0) is 24.9. The third-order valence-corrected chi connectivity index (χ3v) is 3.95. The van der Waals surface area contributed by atoms with Crippen molar-refractivity contribution >= 4 is 11.7 Å². The fourth-order valence-corrected chi connectivity index (χ4v) is 2.41. The van der Waals surface area contributed by atoms with Crippen LogP contribution in [-0.2, 0) is 9.53 Å². The van der Waals surface area contributed by atoms with Gasteiger partial charge in [0.1, 0.15) is 17.3 Å². The number of nitrogens with one attached hydrogen (secondary N) is 2. The maximum atomic E-state index is 13.1. The van der Waals surface area contributed by atoms with Gasteiger partial charge in [-0.2, -0.15) is 13.2 Å². The van der Waals surface area contributed by atoms with Gasteiger partial charge in [0.25, 0.3) is 5.91 Å². The van der Waals surface area contributed by atoms with Crippen LogP contribution in [0.25, 0.3) is 0 Å². The molecule has 1 aliphatic heterocycles. The number of allylic oxidation sites excluding steroid dienone is 5. The number of ether oxygens (including phenoxy) is 1. The zero-order valence-corrected chi connectivity index (χ0v) is 19.4. The van der Waals surface area contributed by atoms with Gasteiger partial charge in [-0.05, 0) is 51.6 Å². The Labute approximate surface area is 188 Å². The number of nitrogens with zero attached hydrogens (tertiary/aromatic N) is 1. The normalized spacial score (nSPS) is 16.4. The Kier molecular flexibility index (Phi) is 12.5. The number of hydrogen-bond donors (Lipinski definition) is 3. The summed E-state index contributed by atoms with van der Waals surface area (Å²) in [6.07, 6.45) is 3.94. The highest BCUT2D eigenvalue weighted by Gasteiger charge is 2.39. The van der Waals surface area contributed by atoms with Crippen LogP contribution in [0.5, 0.6) is 0 Å². The molecule has 0 aromatic carbocycles. The maximum absolute atomic E-state index is 13.1. The van der Waals surface area contributed by atoms with E-state index in [1.54, 1.807) is 39.8 Å². The highest BCUT2D eigenvalue weighted by atomic mass is 19.4. The second kappa shape index (κ2) is 14.0. The molecule has 1 amide bonds. The lowest BCUT2D eigenvalue weighted by Gasteiger charge is -2.25. The minimum Gasteiger partial charge on any atom is -0.463 e. The molecule has 1 heterocycles. The molecule has 178 valence electrons. The molecular formula is C23H33F3N4O2. The second-order valence-electron chi connectivity index (χ2n) is 6.47. The fraction of sp³-hybridized carbons (Fsp3) is 0.391. The van der Waals surface area contributed by atoms with E-state index in [-0.39, 0.29) is 18.0 Å². The molecule has 0 radical (unpaired) electrons. The van der Waals surface area contributed by atoms with Crippen LogP contribution >= 0.6 is 0 Å². The average Bonchev–Trinajstić information content (AvgIpc) is 2.77. The Morgan fingerprint density at radius 3 is 2.47 bits per heavy atom. The lowest BCUT2D eigenvalue weighted by molar-refractivity contribution is -0.117. The molecule has 0 saturated carbocycles. The third-order valence-electron chi connectivity index (χ3n) is 3.95. The van der Waals surface area contributed by atoms with E-state index in [1.807, 2.05) is 13.8 Å². The van der Waals surface area contributed by atoms with Gasteiger partial charge in [0.15, 0.2) is 0 Å². The standard InChI is InChI=1S/C21H27F3N4O2.C2H6/c1-6-11-30-17(7-2)18(13(3)4)28-19(25)14(5)20(29)27-12-16-15(21(22,23)24)9-8-10-26-16;1-2/h6-11,16,26H,5,12H2,1-4H3,(H2,25,28)(H,27,29);1-2H3/b11-6-,17-7-;. The van der Waals surface area contributed by atoms with Crippen molar-refractivity contribution in [3.8, 4) is 0 Å². The first-order valence-corrected chi connectivity index (χ1v) is 10.2. The molecule has 9 heteroatoms. The van der Waals surface area contributed by atoms with Gasteiger partial charge in [0.05, 0.1) is 23.5 Å². The summed E-state index contributed by atoms with van der Waals surface area (Å²) in [4.78, 5) is 16.6. The molecule has 0 fully saturated rings.